The average Bonchev–Trinajstić information content (AvgIpc) is 3.40. The van der Waals surface area contributed by atoms with Crippen molar-refractivity contribution in [2.45, 2.75) is 13.1 Å². The standard InChI is InChI=1S/C25H13ClF3N3O2S/c1-14-2-5-17(6-3-14)32-23(33)22(35-24(32)16(12-30)13-31)11-18-7-9-21(34-18)15-4-8-20(26)19(10-15)25(27,28)29/h2-11H,1H3. The highest BCUT2D eigenvalue weighted by molar-refractivity contribution is 7.07. The van der Waals surface area contributed by atoms with Gasteiger partial charge in [0.15, 0.2) is 5.57 Å². The molecule has 0 spiro atoms. The minimum absolute atomic E-state index is 0.148. The summed E-state index contributed by atoms with van der Waals surface area (Å²) in [6, 6.07) is 17.0. The zero-order valence-electron chi connectivity index (χ0n) is 17.9. The Hall–Kier alpha value is -4.05. The third-order valence-electron chi connectivity index (χ3n) is 5.01. The molecular weight excluding hydrogens is 499 g/mol. The number of nitriles is 2. The lowest BCUT2D eigenvalue weighted by Gasteiger charge is -2.09. The first-order valence-corrected chi connectivity index (χ1v) is 11.1. The molecule has 35 heavy (non-hydrogen) atoms. The van der Waals surface area contributed by atoms with Gasteiger partial charge in [-0.3, -0.25) is 9.36 Å². The summed E-state index contributed by atoms with van der Waals surface area (Å²) in [5, 5.41) is 18.3. The molecule has 0 N–H and O–H groups in total. The predicted molar refractivity (Wildman–Crippen MR) is 126 cm³/mol. The van der Waals surface area contributed by atoms with Gasteiger partial charge in [0, 0.05) is 11.6 Å². The Balaban J connectivity index is 1.86. The van der Waals surface area contributed by atoms with E-state index in [2.05, 4.69) is 0 Å². The number of thiazole rings is 1. The molecule has 0 saturated carbocycles. The molecule has 0 aliphatic heterocycles. The summed E-state index contributed by atoms with van der Waals surface area (Å²) in [6.07, 6.45) is -3.21. The van der Waals surface area contributed by atoms with Crippen LogP contribution < -0.4 is 14.8 Å². The molecule has 2 aromatic carbocycles. The van der Waals surface area contributed by atoms with Crippen molar-refractivity contribution >= 4 is 34.6 Å². The van der Waals surface area contributed by atoms with Crippen LogP contribution in [0.15, 0.2) is 63.8 Å². The van der Waals surface area contributed by atoms with Crippen LogP contribution >= 0.6 is 22.9 Å². The molecule has 0 radical (unpaired) electrons. The molecule has 4 aromatic rings. The van der Waals surface area contributed by atoms with Crippen molar-refractivity contribution in [2.75, 3.05) is 0 Å². The molecule has 0 fully saturated rings. The molecule has 0 bridgehead atoms. The van der Waals surface area contributed by atoms with Crippen LogP contribution in [0.5, 0.6) is 0 Å². The SMILES string of the molecule is Cc1ccc(-n2c(=C(C#N)C#N)sc(=Cc3ccc(-c4ccc(Cl)c(C(F)(F)F)c4)o3)c2=O)cc1. The molecule has 0 aliphatic carbocycles. The predicted octanol–water partition coefficient (Wildman–Crippen LogP) is 5.17. The van der Waals surface area contributed by atoms with Crippen molar-refractivity contribution in [3.63, 3.8) is 0 Å². The maximum atomic E-state index is 13.2. The van der Waals surface area contributed by atoms with Crippen molar-refractivity contribution in [3.05, 3.63) is 96.1 Å². The van der Waals surface area contributed by atoms with Crippen LogP contribution in [-0.2, 0) is 6.18 Å². The van der Waals surface area contributed by atoms with Crippen molar-refractivity contribution in [1.82, 2.24) is 4.57 Å². The van der Waals surface area contributed by atoms with Crippen LogP contribution in [0.3, 0.4) is 0 Å². The lowest BCUT2D eigenvalue weighted by atomic mass is 10.1. The first-order valence-electron chi connectivity index (χ1n) is 9.94. The molecule has 0 atom stereocenters. The maximum Gasteiger partial charge on any atom is 0.417 e. The van der Waals surface area contributed by atoms with Crippen molar-refractivity contribution in [2.24, 2.45) is 0 Å². The number of rotatable bonds is 3. The first-order chi connectivity index (χ1) is 16.6. The van der Waals surface area contributed by atoms with Gasteiger partial charge in [0.2, 0.25) is 0 Å². The van der Waals surface area contributed by atoms with E-state index < -0.39 is 22.3 Å². The minimum Gasteiger partial charge on any atom is -0.457 e. The van der Waals surface area contributed by atoms with E-state index in [4.69, 9.17) is 16.0 Å². The Morgan fingerprint density at radius 1 is 1.09 bits per heavy atom. The number of halogens is 4. The summed E-state index contributed by atoms with van der Waals surface area (Å²) < 4.78 is 46.9. The summed E-state index contributed by atoms with van der Waals surface area (Å²) in [4.78, 5) is 13.2. The van der Waals surface area contributed by atoms with Crippen molar-refractivity contribution in [1.29, 1.82) is 10.5 Å². The van der Waals surface area contributed by atoms with Gasteiger partial charge in [-0.1, -0.05) is 29.3 Å². The Kier molecular flexibility index (Phi) is 6.40. The van der Waals surface area contributed by atoms with Gasteiger partial charge >= 0.3 is 6.18 Å². The second kappa shape index (κ2) is 9.30. The molecule has 174 valence electrons. The number of hydrogen-bond donors (Lipinski definition) is 0. The van der Waals surface area contributed by atoms with Crippen LogP contribution in [0.4, 0.5) is 13.2 Å². The second-order valence-corrected chi connectivity index (χ2v) is 8.82. The highest BCUT2D eigenvalue weighted by atomic mass is 35.5. The number of alkyl halides is 3. The molecule has 0 unspecified atom stereocenters. The fraction of sp³-hybridized carbons (Fsp3) is 0.0800. The minimum atomic E-state index is -4.63. The van der Waals surface area contributed by atoms with E-state index >= 15 is 0 Å². The zero-order chi connectivity index (χ0) is 25.3. The van der Waals surface area contributed by atoms with Crippen LogP contribution in [0.1, 0.15) is 16.9 Å². The van der Waals surface area contributed by atoms with E-state index in [0.29, 0.717) is 5.69 Å². The van der Waals surface area contributed by atoms with Crippen LogP contribution in [0, 0.1) is 29.6 Å². The second-order valence-electron chi connectivity index (χ2n) is 7.38. The summed E-state index contributed by atoms with van der Waals surface area (Å²) >= 11 is 6.62. The lowest BCUT2D eigenvalue weighted by molar-refractivity contribution is -0.137. The van der Waals surface area contributed by atoms with E-state index in [1.807, 2.05) is 19.1 Å². The van der Waals surface area contributed by atoms with Crippen molar-refractivity contribution < 1.29 is 17.6 Å². The van der Waals surface area contributed by atoms with E-state index in [-0.39, 0.29) is 31.9 Å². The van der Waals surface area contributed by atoms with Gasteiger partial charge in [-0.15, -0.1) is 11.3 Å². The van der Waals surface area contributed by atoms with E-state index in [9.17, 15) is 28.5 Å². The molecule has 0 amide bonds. The summed E-state index contributed by atoms with van der Waals surface area (Å²) in [6.45, 7) is 1.88. The Bertz CT molecular complexity index is 1680. The van der Waals surface area contributed by atoms with Crippen LogP contribution in [0.25, 0.3) is 28.7 Å². The molecule has 10 heteroatoms. The van der Waals surface area contributed by atoms with Gasteiger partial charge in [-0.05, 0) is 49.4 Å². The zero-order valence-corrected chi connectivity index (χ0v) is 19.4. The average molecular weight is 512 g/mol. The Labute approximate surface area is 205 Å². The van der Waals surface area contributed by atoms with Gasteiger partial charge in [0.05, 0.1) is 20.8 Å². The molecular formula is C25H13ClF3N3O2S. The molecule has 0 aliphatic rings. The van der Waals surface area contributed by atoms with Crippen LogP contribution in [0.2, 0.25) is 5.02 Å². The topological polar surface area (TPSA) is 82.7 Å². The highest BCUT2D eigenvalue weighted by Crippen LogP contribution is 2.37. The van der Waals surface area contributed by atoms with Gasteiger partial charge in [-0.2, -0.15) is 23.7 Å². The summed E-state index contributed by atoms with van der Waals surface area (Å²) in [5.41, 5.74) is -0.0768. The lowest BCUT2D eigenvalue weighted by Crippen LogP contribution is -2.30. The molecule has 5 nitrogen and oxygen atoms in total. The number of aryl methyl sites for hydroxylation is 1. The number of aromatic nitrogens is 1. The number of furan rings is 1. The van der Waals surface area contributed by atoms with Gasteiger partial charge in [0.25, 0.3) is 5.56 Å². The van der Waals surface area contributed by atoms with E-state index in [0.717, 1.165) is 29.0 Å². The Morgan fingerprint density at radius 3 is 2.40 bits per heavy atom. The largest absolute Gasteiger partial charge is 0.457 e. The summed E-state index contributed by atoms with van der Waals surface area (Å²) in [7, 11) is 0. The Morgan fingerprint density at radius 2 is 1.77 bits per heavy atom. The number of hydrogen-bond acceptors (Lipinski definition) is 5. The van der Waals surface area contributed by atoms with E-state index in [1.54, 1.807) is 24.3 Å². The highest BCUT2D eigenvalue weighted by Gasteiger charge is 2.33. The molecule has 0 saturated heterocycles. The smallest absolute Gasteiger partial charge is 0.417 e. The van der Waals surface area contributed by atoms with Gasteiger partial charge in [0.1, 0.15) is 28.3 Å². The molecule has 2 heterocycles. The summed E-state index contributed by atoms with van der Waals surface area (Å²) in [5.74, 6) is 0.357. The van der Waals surface area contributed by atoms with E-state index in [1.165, 1.54) is 28.8 Å². The van der Waals surface area contributed by atoms with Gasteiger partial charge in [-0.25, -0.2) is 0 Å². The fourth-order valence-corrected chi connectivity index (χ4v) is 4.57. The fourth-order valence-electron chi connectivity index (χ4n) is 3.31. The third-order valence-corrected chi connectivity index (χ3v) is 6.43. The maximum absolute atomic E-state index is 13.2. The first kappa shape index (κ1) is 24.1. The van der Waals surface area contributed by atoms with Crippen molar-refractivity contribution in [3.8, 4) is 29.1 Å². The third kappa shape index (κ3) is 4.78. The molecule has 4 rings (SSSR count). The van der Waals surface area contributed by atoms with Crippen LogP contribution in [-0.4, -0.2) is 4.57 Å². The number of nitrogens with zero attached hydrogens (tertiary/aromatic N) is 3. The van der Waals surface area contributed by atoms with Gasteiger partial charge < -0.3 is 4.42 Å². The normalized spacial score (nSPS) is 11.8. The monoisotopic (exact) mass is 511 g/mol. The number of benzene rings is 2. The molecule has 2 aromatic heterocycles. The quantitative estimate of drug-likeness (QED) is 0.380.